The van der Waals surface area contributed by atoms with E-state index < -0.39 is 12.8 Å². The lowest BCUT2D eigenvalue weighted by Gasteiger charge is -2.12. The van der Waals surface area contributed by atoms with Crippen molar-refractivity contribution in [2.75, 3.05) is 6.61 Å². The predicted molar refractivity (Wildman–Crippen MR) is 60.8 cm³/mol. The van der Waals surface area contributed by atoms with Gasteiger partial charge in [-0.2, -0.15) is 13.2 Å². The van der Waals surface area contributed by atoms with Gasteiger partial charge in [-0.25, -0.2) is 0 Å². The van der Waals surface area contributed by atoms with E-state index in [0.29, 0.717) is 10.0 Å². The van der Waals surface area contributed by atoms with E-state index >= 15 is 0 Å². The molecule has 0 aliphatic rings. The monoisotopic (exact) mass is 319 g/mol. The van der Waals surface area contributed by atoms with Crippen molar-refractivity contribution in [3.8, 4) is 5.75 Å². The Labute approximate surface area is 105 Å². The number of halogens is 5. The van der Waals surface area contributed by atoms with Gasteiger partial charge in [0.2, 0.25) is 0 Å². The van der Waals surface area contributed by atoms with Crippen LogP contribution >= 0.6 is 28.3 Å². The van der Waals surface area contributed by atoms with Gasteiger partial charge in [0.25, 0.3) is 0 Å². The van der Waals surface area contributed by atoms with Crippen molar-refractivity contribution < 1.29 is 17.9 Å². The lowest BCUT2D eigenvalue weighted by molar-refractivity contribution is -0.153. The van der Waals surface area contributed by atoms with Gasteiger partial charge in [0.05, 0.1) is 4.47 Å². The van der Waals surface area contributed by atoms with E-state index in [-0.39, 0.29) is 24.7 Å². The smallest absolute Gasteiger partial charge is 0.422 e. The van der Waals surface area contributed by atoms with Crippen LogP contribution in [0.25, 0.3) is 0 Å². The molecule has 0 saturated heterocycles. The van der Waals surface area contributed by atoms with Crippen molar-refractivity contribution in [2.24, 2.45) is 5.73 Å². The van der Waals surface area contributed by atoms with Gasteiger partial charge in [0.1, 0.15) is 5.75 Å². The zero-order chi connectivity index (χ0) is 11.5. The number of hydrogen-bond donors (Lipinski definition) is 1. The van der Waals surface area contributed by atoms with Crippen molar-refractivity contribution in [3.63, 3.8) is 0 Å². The summed E-state index contributed by atoms with van der Waals surface area (Å²) in [5.74, 6) is 0.148. The highest BCUT2D eigenvalue weighted by molar-refractivity contribution is 9.10. The number of alkyl halides is 3. The molecule has 0 amide bonds. The van der Waals surface area contributed by atoms with Gasteiger partial charge >= 0.3 is 6.18 Å². The van der Waals surface area contributed by atoms with Gasteiger partial charge in [-0.1, -0.05) is 12.1 Å². The molecule has 0 aliphatic carbocycles. The summed E-state index contributed by atoms with van der Waals surface area (Å²) in [6.45, 7) is -1.07. The van der Waals surface area contributed by atoms with E-state index in [1.807, 2.05) is 0 Å². The van der Waals surface area contributed by atoms with Gasteiger partial charge in [-0.3, -0.25) is 0 Å². The second-order valence-electron chi connectivity index (χ2n) is 2.84. The van der Waals surface area contributed by atoms with Gasteiger partial charge in [0, 0.05) is 6.54 Å². The number of nitrogens with two attached hydrogens (primary N) is 1. The fraction of sp³-hybridized carbons (Fsp3) is 0.333. The summed E-state index contributed by atoms with van der Waals surface area (Å²) in [7, 11) is 0. The van der Waals surface area contributed by atoms with Crippen LogP contribution in [0.1, 0.15) is 5.56 Å². The minimum Gasteiger partial charge on any atom is -0.483 e. The van der Waals surface area contributed by atoms with Crippen molar-refractivity contribution in [2.45, 2.75) is 12.7 Å². The molecule has 1 aromatic rings. The van der Waals surface area contributed by atoms with E-state index in [4.69, 9.17) is 5.73 Å². The van der Waals surface area contributed by atoms with Crippen LogP contribution in [0.15, 0.2) is 22.7 Å². The maximum absolute atomic E-state index is 11.9. The van der Waals surface area contributed by atoms with Crippen LogP contribution in [0.4, 0.5) is 13.2 Å². The first-order chi connectivity index (χ1) is 6.94. The summed E-state index contributed by atoms with van der Waals surface area (Å²) in [5.41, 5.74) is 6.10. The first kappa shape index (κ1) is 15.5. The molecular formula is C9H10BrClF3NO. The molecule has 0 bridgehead atoms. The fourth-order valence-electron chi connectivity index (χ4n) is 0.985. The lowest BCUT2D eigenvalue weighted by atomic mass is 10.2. The average molecular weight is 321 g/mol. The number of ether oxygens (including phenoxy) is 1. The lowest BCUT2D eigenvalue weighted by Crippen LogP contribution is -2.19. The molecule has 2 nitrogen and oxygen atoms in total. The molecule has 0 spiro atoms. The van der Waals surface area contributed by atoms with Crippen molar-refractivity contribution >= 4 is 28.3 Å². The minimum absolute atomic E-state index is 0. The maximum Gasteiger partial charge on any atom is 0.422 e. The summed E-state index contributed by atoms with van der Waals surface area (Å²) in [6, 6.07) is 4.76. The van der Waals surface area contributed by atoms with Crippen LogP contribution < -0.4 is 10.5 Å². The van der Waals surface area contributed by atoms with Crippen LogP contribution in [-0.4, -0.2) is 12.8 Å². The van der Waals surface area contributed by atoms with Crippen LogP contribution in [-0.2, 0) is 6.54 Å². The Hall–Kier alpha value is -0.460. The quantitative estimate of drug-likeness (QED) is 0.928. The summed E-state index contributed by atoms with van der Waals surface area (Å²) in [4.78, 5) is 0. The van der Waals surface area contributed by atoms with Gasteiger partial charge in [0.15, 0.2) is 6.61 Å². The normalized spacial score (nSPS) is 10.8. The molecule has 0 unspecified atom stereocenters. The summed E-state index contributed by atoms with van der Waals surface area (Å²) in [6.07, 6.45) is -4.34. The van der Waals surface area contributed by atoms with E-state index in [1.54, 1.807) is 12.1 Å². The van der Waals surface area contributed by atoms with Crippen LogP contribution in [0.2, 0.25) is 0 Å². The SMILES string of the molecule is Cl.NCc1cccc(OCC(F)(F)F)c1Br. The molecule has 0 aromatic heterocycles. The van der Waals surface area contributed by atoms with Gasteiger partial charge < -0.3 is 10.5 Å². The van der Waals surface area contributed by atoms with Crippen molar-refractivity contribution in [3.05, 3.63) is 28.2 Å². The largest absolute Gasteiger partial charge is 0.483 e. The third kappa shape index (κ3) is 4.59. The van der Waals surface area contributed by atoms with Gasteiger partial charge in [-0.05, 0) is 27.6 Å². The summed E-state index contributed by atoms with van der Waals surface area (Å²) >= 11 is 3.14. The molecule has 1 aromatic carbocycles. The molecule has 92 valence electrons. The highest BCUT2D eigenvalue weighted by Gasteiger charge is 2.28. The Morgan fingerprint density at radius 2 is 1.94 bits per heavy atom. The Bertz CT molecular complexity index is 346. The minimum atomic E-state index is -4.34. The third-order valence-corrected chi connectivity index (χ3v) is 2.55. The van der Waals surface area contributed by atoms with Crippen LogP contribution in [0.5, 0.6) is 5.75 Å². The molecule has 0 heterocycles. The third-order valence-electron chi connectivity index (χ3n) is 1.65. The first-order valence-corrected chi connectivity index (χ1v) is 4.90. The molecule has 0 saturated carbocycles. The number of rotatable bonds is 3. The average Bonchev–Trinajstić information content (AvgIpc) is 2.15. The molecule has 0 radical (unpaired) electrons. The standard InChI is InChI=1S/C9H9BrF3NO.ClH/c10-8-6(4-14)2-1-3-7(8)15-5-9(11,12)13;/h1-3H,4-5,14H2;1H. The highest BCUT2D eigenvalue weighted by atomic mass is 79.9. The Balaban J connectivity index is 0.00000225. The zero-order valence-corrected chi connectivity index (χ0v) is 10.5. The fourth-order valence-corrected chi connectivity index (χ4v) is 1.53. The molecule has 0 aliphatic heterocycles. The Kier molecular flexibility index (Phi) is 6.14. The van der Waals surface area contributed by atoms with Crippen molar-refractivity contribution in [1.29, 1.82) is 0 Å². The maximum atomic E-state index is 11.9. The predicted octanol–water partition coefficient (Wildman–Crippen LogP) is 3.27. The second-order valence-corrected chi connectivity index (χ2v) is 3.63. The Morgan fingerprint density at radius 3 is 2.44 bits per heavy atom. The molecule has 0 atom stereocenters. The molecule has 0 fully saturated rings. The highest BCUT2D eigenvalue weighted by Crippen LogP contribution is 2.29. The van der Waals surface area contributed by atoms with Crippen LogP contribution in [0, 0.1) is 0 Å². The van der Waals surface area contributed by atoms with E-state index in [9.17, 15) is 13.2 Å². The summed E-state index contributed by atoms with van der Waals surface area (Å²) in [5, 5.41) is 0. The second kappa shape index (κ2) is 6.32. The molecule has 1 rings (SSSR count). The van der Waals surface area contributed by atoms with Crippen molar-refractivity contribution in [1.82, 2.24) is 0 Å². The van der Waals surface area contributed by atoms with Gasteiger partial charge in [-0.15, -0.1) is 12.4 Å². The molecule has 16 heavy (non-hydrogen) atoms. The molecular weight excluding hydrogens is 310 g/mol. The van der Waals surface area contributed by atoms with Crippen LogP contribution in [0.3, 0.4) is 0 Å². The number of hydrogen-bond acceptors (Lipinski definition) is 2. The zero-order valence-electron chi connectivity index (χ0n) is 8.05. The topological polar surface area (TPSA) is 35.2 Å². The number of benzene rings is 1. The first-order valence-electron chi connectivity index (χ1n) is 4.11. The van der Waals surface area contributed by atoms with E-state index in [2.05, 4.69) is 20.7 Å². The van der Waals surface area contributed by atoms with E-state index in [0.717, 1.165) is 0 Å². The van der Waals surface area contributed by atoms with E-state index in [1.165, 1.54) is 6.07 Å². The Morgan fingerprint density at radius 1 is 1.31 bits per heavy atom. The molecule has 2 N–H and O–H groups in total. The molecule has 7 heteroatoms. The summed E-state index contributed by atoms with van der Waals surface area (Å²) < 4.78 is 40.8.